The normalized spacial score (nSPS) is 14.7. The number of ether oxygens (including phenoxy) is 1. The number of anilines is 1. The molecule has 0 spiro atoms. The summed E-state index contributed by atoms with van der Waals surface area (Å²) < 4.78 is 11.0. The number of H-pyrrole nitrogens is 1. The number of Topliss-reactive ketones (excluding diaryl/α,β-unsaturated/α-hetero) is 1. The third kappa shape index (κ3) is 4.26. The molecule has 0 saturated carbocycles. The van der Waals surface area contributed by atoms with Crippen LogP contribution in [0, 0.1) is 0 Å². The molecule has 1 aromatic heterocycles. The summed E-state index contributed by atoms with van der Waals surface area (Å²) in [4.78, 5) is 43.4. The molecule has 3 aromatic rings. The Morgan fingerprint density at radius 2 is 1.91 bits per heavy atom. The lowest BCUT2D eigenvalue weighted by atomic mass is 10.2. The van der Waals surface area contributed by atoms with Gasteiger partial charge in [-0.3, -0.25) is 19.0 Å². The molecule has 4 rings (SSSR count). The summed E-state index contributed by atoms with van der Waals surface area (Å²) in [7, 11) is 3.09. The minimum Gasteiger partial charge on any atom is -0.497 e. The van der Waals surface area contributed by atoms with E-state index in [1.807, 2.05) is 30.3 Å². The number of nitrogens with one attached hydrogen (secondary N) is 1. The van der Waals surface area contributed by atoms with Crippen molar-refractivity contribution in [2.24, 2.45) is 12.0 Å². The average Bonchev–Trinajstić information content (AvgIpc) is 3.31. The van der Waals surface area contributed by atoms with Crippen molar-refractivity contribution in [3.63, 3.8) is 0 Å². The van der Waals surface area contributed by atoms with E-state index in [1.165, 1.54) is 16.6 Å². The number of para-hydroxylation sites is 1. The lowest BCUT2D eigenvalue weighted by Gasteiger charge is -2.17. The molecular weight excluding hydrogens is 432 g/mol. The number of benzene rings is 2. The van der Waals surface area contributed by atoms with Gasteiger partial charge in [0.15, 0.2) is 12.2 Å². The van der Waals surface area contributed by atoms with Crippen LogP contribution in [0.25, 0.3) is 6.08 Å². The van der Waals surface area contributed by atoms with Gasteiger partial charge in [-0.15, -0.1) is 0 Å². The van der Waals surface area contributed by atoms with Gasteiger partial charge in [0.05, 0.1) is 18.6 Å². The first-order valence-corrected chi connectivity index (χ1v) is 10.5. The Morgan fingerprint density at radius 1 is 1.19 bits per heavy atom. The van der Waals surface area contributed by atoms with Crippen molar-refractivity contribution >= 4 is 40.4 Å². The van der Waals surface area contributed by atoms with Crippen molar-refractivity contribution in [1.82, 2.24) is 5.27 Å². The highest BCUT2D eigenvalue weighted by Gasteiger charge is 2.34. The number of amides is 1. The van der Waals surface area contributed by atoms with Crippen LogP contribution in [-0.4, -0.2) is 35.0 Å². The molecule has 0 fully saturated rings. The standard InChI is InChI=1S/C22H18N4O5S/c1-25-19(21(29)31-24-25)18(27)13-32-22-23-17(12-14-8-10-16(30-2)11-9-14)20(28)26(22)15-6-4-3-5-7-15/h3-12H,13H2,1-2H3/p+1/b17-12+. The minimum absolute atomic E-state index is 0.0955. The highest BCUT2D eigenvalue weighted by molar-refractivity contribution is 8.14. The number of carbonyl (C=O) groups excluding carboxylic acids is 2. The summed E-state index contributed by atoms with van der Waals surface area (Å²) in [5, 5.41) is 2.66. The maximum Gasteiger partial charge on any atom is 0.438 e. The maximum atomic E-state index is 13.2. The van der Waals surface area contributed by atoms with Crippen molar-refractivity contribution in [2.45, 2.75) is 0 Å². The van der Waals surface area contributed by atoms with Crippen LogP contribution in [0.1, 0.15) is 16.1 Å². The summed E-state index contributed by atoms with van der Waals surface area (Å²) in [5.74, 6) is -0.143. The largest absolute Gasteiger partial charge is 0.497 e. The van der Waals surface area contributed by atoms with Crippen LogP contribution in [0.2, 0.25) is 0 Å². The Morgan fingerprint density at radius 3 is 2.53 bits per heavy atom. The Balaban J connectivity index is 1.63. The molecule has 2 aromatic carbocycles. The number of thioether (sulfide) groups is 1. The van der Waals surface area contributed by atoms with Crippen molar-refractivity contribution < 1.29 is 23.5 Å². The Bertz CT molecular complexity index is 1280. The molecule has 0 radical (unpaired) electrons. The van der Waals surface area contributed by atoms with Gasteiger partial charge < -0.3 is 4.74 Å². The molecule has 10 heteroatoms. The zero-order chi connectivity index (χ0) is 22.7. The fourth-order valence-corrected chi connectivity index (χ4v) is 3.97. The van der Waals surface area contributed by atoms with Crippen LogP contribution in [-0.2, 0) is 11.8 Å². The van der Waals surface area contributed by atoms with Gasteiger partial charge in [-0.2, -0.15) is 0 Å². The lowest BCUT2D eigenvalue weighted by molar-refractivity contribution is -0.741. The number of aromatic nitrogens is 2. The van der Waals surface area contributed by atoms with E-state index in [2.05, 4.69) is 14.8 Å². The van der Waals surface area contributed by atoms with Gasteiger partial charge in [0.1, 0.15) is 11.4 Å². The zero-order valence-electron chi connectivity index (χ0n) is 17.3. The van der Waals surface area contributed by atoms with Gasteiger partial charge >= 0.3 is 11.3 Å². The number of aryl methyl sites for hydroxylation is 1. The third-order valence-electron chi connectivity index (χ3n) is 4.66. The molecule has 0 bridgehead atoms. The van der Waals surface area contributed by atoms with E-state index in [1.54, 1.807) is 37.5 Å². The van der Waals surface area contributed by atoms with Crippen LogP contribution in [0.15, 0.2) is 74.6 Å². The molecule has 1 amide bonds. The lowest BCUT2D eigenvalue weighted by Crippen LogP contribution is -2.40. The number of amidine groups is 1. The van der Waals surface area contributed by atoms with Crippen molar-refractivity contribution in [1.29, 1.82) is 0 Å². The number of rotatable bonds is 6. The average molecular weight is 451 g/mol. The van der Waals surface area contributed by atoms with Crippen LogP contribution < -0.4 is 19.9 Å². The number of methoxy groups -OCH3 is 1. The third-order valence-corrected chi connectivity index (χ3v) is 5.60. The predicted molar refractivity (Wildman–Crippen MR) is 120 cm³/mol. The van der Waals surface area contributed by atoms with E-state index in [-0.39, 0.29) is 23.1 Å². The highest BCUT2D eigenvalue weighted by Crippen LogP contribution is 2.29. The van der Waals surface area contributed by atoms with Gasteiger partial charge in [0, 0.05) is 0 Å². The first-order valence-electron chi connectivity index (χ1n) is 9.55. The molecule has 0 atom stereocenters. The quantitative estimate of drug-likeness (QED) is 0.350. The number of aliphatic imine (C=N–C) groups is 1. The van der Waals surface area contributed by atoms with Crippen LogP contribution in [0.4, 0.5) is 5.69 Å². The predicted octanol–water partition coefficient (Wildman–Crippen LogP) is 2.16. The zero-order valence-corrected chi connectivity index (χ0v) is 18.1. The number of carbonyl (C=O) groups is 2. The molecule has 0 saturated heterocycles. The first-order chi connectivity index (χ1) is 15.5. The van der Waals surface area contributed by atoms with Gasteiger partial charge in [-0.05, 0) is 41.2 Å². The molecular formula is C22H19N4O5S+. The summed E-state index contributed by atoms with van der Waals surface area (Å²) in [6.07, 6.45) is 1.67. The first kappa shape index (κ1) is 21.3. The fraction of sp³-hybridized carbons (Fsp3) is 0.136. The van der Waals surface area contributed by atoms with Gasteiger partial charge in [-0.1, -0.05) is 46.8 Å². The summed E-state index contributed by atoms with van der Waals surface area (Å²) in [5.41, 5.74) is 0.789. The number of ketones is 1. The maximum absolute atomic E-state index is 13.2. The van der Waals surface area contributed by atoms with Gasteiger partial charge in [-0.25, -0.2) is 9.79 Å². The van der Waals surface area contributed by atoms with E-state index >= 15 is 0 Å². The summed E-state index contributed by atoms with van der Waals surface area (Å²) >= 11 is 1.07. The Hall–Kier alpha value is -3.92. The Labute approximate surface area is 187 Å². The molecule has 0 aliphatic carbocycles. The molecule has 9 nitrogen and oxygen atoms in total. The van der Waals surface area contributed by atoms with Crippen molar-refractivity contribution in [3.05, 3.63) is 82.0 Å². The second kappa shape index (κ2) is 9.06. The molecule has 32 heavy (non-hydrogen) atoms. The molecule has 162 valence electrons. The van der Waals surface area contributed by atoms with Crippen molar-refractivity contribution in [3.8, 4) is 5.75 Å². The van der Waals surface area contributed by atoms with Crippen molar-refractivity contribution in [2.75, 3.05) is 17.8 Å². The molecule has 1 aliphatic rings. The number of aromatic amines is 1. The topological polar surface area (TPSA) is 109 Å². The second-order valence-corrected chi connectivity index (χ2v) is 7.72. The monoisotopic (exact) mass is 451 g/mol. The number of hydrogen-bond acceptors (Lipinski definition) is 7. The van der Waals surface area contributed by atoms with E-state index in [4.69, 9.17) is 4.74 Å². The van der Waals surface area contributed by atoms with Gasteiger partial charge in [0.2, 0.25) is 5.78 Å². The number of hydrogen-bond donors (Lipinski definition) is 1. The van der Waals surface area contributed by atoms with E-state index in [0.717, 1.165) is 17.3 Å². The summed E-state index contributed by atoms with van der Waals surface area (Å²) in [6, 6.07) is 16.3. The second-order valence-electron chi connectivity index (χ2n) is 6.77. The van der Waals surface area contributed by atoms with Crippen LogP contribution >= 0.6 is 11.8 Å². The molecule has 0 unspecified atom stereocenters. The summed E-state index contributed by atoms with van der Waals surface area (Å²) in [6.45, 7) is 0. The van der Waals surface area contributed by atoms with Gasteiger partial charge in [0.25, 0.3) is 5.91 Å². The highest BCUT2D eigenvalue weighted by atomic mass is 32.2. The van der Waals surface area contributed by atoms with E-state index < -0.39 is 11.4 Å². The Kier molecular flexibility index (Phi) is 6.04. The van der Waals surface area contributed by atoms with E-state index in [9.17, 15) is 14.4 Å². The van der Waals surface area contributed by atoms with E-state index in [0.29, 0.717) is 16.6 Å². The molecule has 1 N–H and O–H groups in total. The minimum atomic E-state index is -0.748. The SMILES string of the molecule is COc1ccc(/C=C2/N=C(SCC(=O)c3c(=O)o[nH][n+]3C)N(c3ccccc3)C2=O)cc1. The fourth-order valence-electron chi connectivity index (χ4n) is 3.10. The molecule has 1 aliphatic heterocycles. The smallest absolute Gasteiger partial charge is 0.438 e. The van der Waals surface area contributed by atoms with Crippen LogP contribution in [0.3, 0.4) is 0 Å². The van der Waals surface area contributed by atoms with Crippen LogP contribution in [0.5, 0.6) is 5.75 Å². The number of nitrogens with zero attached hydrogens (tertiary/aromatic N) is 3. The molecule has 2 heterocycles.